The van der Waals surface area contributed by atoms with E-state index in [1.807, 2.05) is 6.92 Å². The summed E-state index contributed by atoms with van der Waals surface area (Å²) in [6, 6.07) is 10.2. The molecule has 2 aromatic carbocycles. The molecule has 0 aromatic heterocycles. The van der Waals surface area contributed by atoms with Crippen LogP contribution in [-0.4, -0.2) is 29.5 Å². The zero-order valence-corrected chi connectivity index (χ0v) is 15.4. The average Bonchev–Trinajstić information content (AvgIpc) is 2.63. The SMILES string of the molecule is CCOc1ccccc1NC(=O)[C@@H](C)OC(=O)c1cc([N+](=O)[O-])ccc1Cl. The Morgan fingerprint density at radius 1 is 1.26 bits per heavy atom. The summed E-state index contributed by atoms with van der Waals surface area (Å²) in [6.07, 6.45) is -1.16. The van der Waals surface area contributed by atoms with Gasteiger partial charge in [-0.15, -0.1) is 0 Å². The molecule has 0 fully saturated rings. The van der Waals surface area contributed by atoms with Crippen molar-refractivity contribution in [2.24, 2.45) is 0 Å². The third-order valence-corrected chi connectivity index (χ3v) is 3.81. The first-order chi connectivity index (χ1) is 12.8. The third kappa shape index (κ3) is 5.18. The Hall–Kier alpha value is -3.13. The van der Waals surface area contributed by atoms with Crippen LogP contribution in [0.4, 0.5) is 11.4 Å². The highest BCUT2D eigenvalue weighted by Crippen LogP contribution is 2.25. The van der Waals surface area contributed by atoms with Gasteiger partial charge in [-0.05, 0) is 32.0 Å². The number of benzene rings is 2. The number of carbonyl (C=O) groups is 2. The quantitative estimate of drug-likeness (QED) is 0.436. The van der Waals surface area contributed by atoms with E-state index in [2.05, 4.69) is 5.32 Å². The van der Waals surface area contributed by atoms with Gasteiger partial charge in [0, 0.05) is 12.1 Å². The first-order valence-corrected chi connectivity index (χ1v) is 8.39. The molecular weight excluding hydrogens is 376 g/mol. The van der Waals surface area contributed by atoms with E-state index >= 15 is 0 Å². The highest BCUT2D eigenvalue weighted by Gasteiger charge is 2.23. The molecule has 1 amide bonds. The fraction of sp³-hybridized carbons (Fsp3) is 0.222. The van der Waals surface area contributed by atoms with Gasteiger partial charge in [0.25, 0.3) is 11.6 Å². The number of carbonyl (C=O) groups excluding carboxylic acids is 2. The summed E-state index contributed by atoms with van der Waals surface area (Å²) >= 11 is 5.90. The Morgan fingerprint density at radius 3 is 2.63 bits per heavy atom. The van der Waals surface area contributed by atoms with E-state index in [-0.39, 0.29) is 16.3 Å². The van der Waals surface area contributed by atoms with Crippen LogP contribution in [-0.2, 0) is 9.53 Å². The summed E-state index contributed by atoms with van der Waals surface area (Å²) in [7, 11) is 0. The first-order valence-electron chi connectivity index (χ1n) is 8.01. The topological polar surface area (TPSA) is 108 Å². The van der Waals surface area contributed by atoms with E-state index < -0.39 is 22.9 Å². The van der Waals surface area contributed by atoms with Gasteiger partial charge in [-0.3, -0.25) is 14.9 Å². The number of amides is 1. The minimum atomic E-state index is -1.16. The van der Waals surface area contributed by atoms with Crippen LogP contribution < -0.4 is 10.1 Å². The standard InChI is InChI=1S/C18H17ClN2O6/c1-3-26-16-7-5-4-6-15(16)20-17(22)11(2)27-18(23)13-10-12(21(24)25)8-9-14(13)19/h4-11H,3H2,1-2H3,(H,20,22)/t11-/m1/s1. The van der Waals surface area contributed by atoms with Crippen LogP contribution >= 0.6 is 11.6 Å². The molecule has 2 aromatic rings. The van der Waals surface area contributed by atoms with Crippen molar-refractivity contribution in [3.8, 4) is 5.75 Å². The van der Waals surface area contributed by atoms with Crippen LogP contribution in [0.1, 0.15) is 24.2 Å². The molecule has 0 aliphatic heterocycles. The van der Waals surface area contributed by atoms with E-state index in [4.69, 9.17) is 21.1 Å². The molecule has 8 nitrogen and oxygen atoms in total. The maximum Gasteiger partial charge on any atom is 0.340 e. The number of ether oxygens (including phenoxy) is 2. The second-order valence-electron chi connectivity index (χ2n) is 5.39. The van der Waals surface area contributed by atoms with Crippen LogP contribution in [0.15, 0.2) is 42.5 Å². The number of nitro groups is 1. The summed E-state index contributed by atoms with van der Waals surface area (Å²) in [5.74, 6) is -1.05. The normalized spacial score (nSPS) is 11.4. The summed E-state index contributed by atoms with van der Waals surface area (Å²) in [6.45, 7) is 3.61. The van der Waals surface area contributed by atoms with Crippen LogP contribution in [0.3, 0.4) is 0 Å². The zero-order valence-electron chi connectivity index (χ0n) is 14.6. The number of para-hydroxylation sites is 2. The lowest BCUT2D eigenvalue weighted by Gasteiger charge is -2.16. The molecule has 1 N–H and O–H groups in total. The van der Waals surface area contributed by atoms with Gasteiger partial charge < -0.3 is 14.8 Å². The third-order valence-electron chi connectivity index (χ3n) is 3.48. The second kappa shape index (κ2) is 9.00. The van der Waals surface area contributed by atoms with E-state index in [9.17, 15) is 19.7 Å². The van der Waals surface area contributed by atoms with Crippen LogP contribution in [0.2, 0.25) is 5.02 Å². The summed E-state index contributed by atoms with van der Waals surface area (Å²) in [5.41, 5.74) is -0.0741. The van der Waals surface area contributed by atoms with E-state index in [0.717, 1.165) is 6.07 Å². The van der Waals surface area contributed by atoms with Gasteiger partial charge in [0.2, 0.25) is 0 Å². The molecule has 0 spiro atoms. The number of nitrogens with zero attached hydrogens (tertiary/aromatic N) is 1. The van der Waals surface area contributed by atoms with Gasteiger partial charge in [-0.2, -0.15) is 0 Å². The predicted octanol–water partition coefficient (Wildman–Crippen LogP) is 3.83. The zero-order chi connectivity index (χ0) is 20.0. The molecule has 0 heterocycles. The van der Waals surface area contributed by atoms with Crippen LogP contribution in [0.5, 0.6) is 5.75 Å². The van der Waals surface area contributed by atoms with Gasteiger partial charge in [-0.25, -0.2) is 4.79 Å². The smallest absolute Gasteiger partial charge is 0.340 e. The molecule has 9 heteroatoms. The lowest BCUT2D eigenvalue weighted by atomic mass is 10.2. The van der Waals surface area contributed by atoms with Crippen molar-refractivity contribution in [2.75, 3.05) is 11.9 Å². The largest absolute Gasteiger partial charge is 0.492 e. The molecule has 0 aliphatic rings. The van der Waals surface area contributed by atoms with Gasteiger partial charge in [0.1, 0.15) is 5.75 Å². The number of non-ortho nitro benzene ring substituents is 1. The van der Waals surface area contributed by atoms with Gasteiger partial charge in [-0.1, -0.05) is 23.7 Å². The van der Waals surface area contributed by atoms with E-state index in [1.165, 1.54) is 19.1 Å². The van der Waals surface area contributed by atoms with Crippen molar-refractivity contribution < 1.29 is 24.0 Å². The molecule has 0 unspecified atom stereocenters. The van der Waals surface area contributed by atoms with Crippen molar-refractivity contribution in [3.63, 3.8) is 0 Å². The van der Waals surface area contributed by atoms with Crippen molar-refractivity contribution in [3.05, 3.63) is 63.2 Å². The number of anilines is 1. The molecule has 142 valence electrons. The lowest BCUT2D eigenvalue weighted by Crippen LogP contribution is -2.30. The molecule has 2 rings (SSSR count). The first kappa shape index (κ1) is 20.2. The predicted molar refractivity (Wildman–Crippen MR) is 99.2 cm³/mol. The van der Waals surface area contributed by atoms with Crippen LogP contribution in [0.25, 0.3) is 0 Å². The molecule has 0 saturated carbocycles. The number of nitrogens with one attached hydrogen (secondary N) is 1. The van der Waals surface area contributed by atoms with Gasteiger partial charge >= 0.3 is 5.97 Å². The molecule has 0 bridgehead atoms. The summed E-state index contributed by atoms with van der Waals surface area (Å²) in [5, 5.41) is 13.4. The Labute approximate surface area is 160 Å². The average molecular weight is 393 g/mol. The maximum atomic E-state index is 12.3. The van der Waals surface area contributed by atoms with E-state index in [0.29, 0.717) is 18.0 Å². The highest BCUT2D eigenvalue weighted by atomic mass is 35.5. The molecule has 0 saturated heterocycles. The Morgan fingerprint density at radius 2 is 1.96 bits per heavy atom. The molecule has 27 heavy (non-hydrogen) atoms. The monoisotopic (exact) mass is 392 g/mol. The van der Waals surface area contributed by atoms with Gasteiger partial charge in [0.15, 0.2) is 6.10 Å². The molecular formula is C18H17ClN2O6. The fourth-order valence-corrected chi connectivity index (χ4v) is 2.34. The van der Waals surface area contributed by atoms with Gasteiger partial charge in [0.05, 0.1) is 27.8 Å². The maximum absolute atomic E-state index is 12.3. The van der Waals surface area contributed by atoms with Crippen molar-refractivity contribution in [2.45, 2.75) is 20.0 Å². The number of rotatable bonds is 7. The Kier molecular flexibility index (Phi) is 6.73. The highest BCUT2D eigenvalue weighted by molar-refractivity contribution is 6.33. The number of nitro benzene ring substituents is 1. The minimum Gasteiger partial charge on any atom is -0.492 e. The van der Waals surface area contributed by atoms with Crippen molar-refractivity contribution in [1.82, 2.24) is 0 Å². The summed E-state index contributed by atoms with van der Waals surface area (Å²) < 4.78 is 10.5. The number of esters is 1. The number of hydrogen-bond acceptors (Lipinski definition) is 6. The number of hydrogen-bond donors (Lipinski definition) is 1. The van der Waals surface area contributed by atoms with Crippen molar-refractivity contribution >= 4 is 34.9 Å². The second-order valence-corrected chi connectivity index (χ2v) is 5.79. The fourth-order valence-electron chi connectivity index (χ4n) is 2.15. The summed E-state index contributed by atoms with van der Waals surface area (Å²) in [4.78, 5) is 34.7. The minimum absolute atomic E-state index is 0.0140. The van der Waals surface area contributed by atoms with Crippen LogP contribution in [0, 0.1) is 10.1 Å². The number of halogens is 1. The van der Waals surface area contributed by atoms with E-state index in [1.54, 1.807) is 24.3 Å². The lowest BCUT2D eigenvalue weighted by molar-refractivity contribution is -0.384. The van der Waals surface area contributed by atoms with Crippen molar-refractivity contribution in [1.29, 1.82) is 0 Å². The molecule has 1 atom stereocenters. The Bertz CT molecular complexity index is 871. The molecule has 0 radical (unpaired) electrons. The Balaban J connectivity index is 2.09. The molecule has 0 aliphatic carbocycles.